The Morgan fingerprint density at radius 2 is 2.22 bits per heavy atom. The van der Waals surface area contributed by atoms with Gasteiger partial charge in [0.15, 0.2) is 0 Å². The lowest BCUT2D eigenvalue weighted by molar-refractivity contribution is 0.412. The lowest BCUT2D eigenvalue weighted by Crippen LogP contribution is -2.17. The lowest BCUT2D eigenvalue weighted by atomic mass is 10.2. The normalized spacial score (nSPS) is 12.4. The first-order valence-electron chi connectivity index (χ1n) is 5.80. The molecule has 2 aromatic rings. The van der Waals surface area contributed by atoms with E-state index in [2.05, 4.69) is 57.8 Å². The molecule has 0 radical (unpaired) electrons. The summed E-state index contributed by atoms with van der Waals surface area (Å²) in [7, 11) is 1.68. The van der Waals surface area contributed by atoms with E-state index in [1.807, 2.05) is 6.07 Å². The highest BCUT2D eigenvalue weighted by atomic mass is 79.9. The predicted octanol–water partition coefficient (Wildman–Crippen LogP) is 4.37. The van der Waals surface area contributed by atoms with E-state index < -0.39 is 0 Å². The number of benzene rings is 1. The van der Waals surface area contributed by atoms with Crippen molar-refractivity contribution in [2.75, 3.05) is 7.11 Å². The second-order valence-electron chi connectivity index (χ2n) is 4.09. The Kier molecular flexibility index (Phi) is 4.80. The summed E-state index contributed by atoms with van der Waals surface area (Å²) in [5.41, 5.74) is 1.24. The van der Waals surface area contributed by atoms with E-state index in [9.17, 15) is 0 Å². The van der Waals surface area contributed by atoms with Gasteiger partial charge in [0.05, 0.1) is 11.6 Å². The molecule has 0 saturated heterocycles. The minimum Gasteiger partial charge on any atom is -0.496 e. The minimum atomic E-state index is 0.380. The second-order valence-corrected chi connectivity index (χ2v) is 5.92. The Morgan fingerprint density at radius 3 is 2.83 bits per heavy atom. The van der Waals surface area contributed by atoms with Crippen LogP contribution in [0.15, 0.2) is 40.2 Å². The van der Waals surface area contributed by atoms with Crippen LogP contribution in [0.1, 0.15) is 23.4 Å². The molecule has 2 rings (SSSR count). The molecule has 0 saturated carbocycles. The van der Waals surface area contributed by atoms with Crippen LogP contribution in [0.25, 0.3) is 0 Å². The Labute approximate surface area is 120 Å². The Morgan fingerprint density at radius 1 is 1.39 bits per heavy atom. The number of ether oxygens (including phenoxy) is 1. The molecule has 0 aliphatic carbocycles. The molecule has 1 aromatic heterocycles. The zero-order chi connectivity index (χ0) is 13.0. The molecule has 1 unspecified atom stereocenters. The van der Waals surface area contributed by atoms with Crippen LogP contribution in [0.5, 0.6) is 5.75 Å². The van der Waals surface area contributed by atoms with Gasteiger partial charge in [-0.05, 0) is 52.0 Å². The number of hydrogen-bond donors (Lipinski definition) is 1. The molecule has 0 fully saturated rings. The van der Waals surface area contributed by atoms with Crippen molar-refractivity contribution in [2.24, 2.45) is 0 Å². The maximum atomic E-state index is 5.22. The number of rotatable bonds is 5. The van der Waals surface area contributed by atoms with Gasteiger partial charge in [0.1, 0.15) is 5.75 Å². The third kappa shape index (κ3) is 3.34. The Bertz CT molecular complexity index is 499. The molecule has 4 heteroatoms. The third-order valence-electron chi connectivity index (χ3n) is 2.80. The first-order valence-corrected chi connectivity index (χ1v) is 7.47. The summed E-state index contributed by atoms with van der Waals surface area (Å²) in [6.45, 7) is 3.03. The number of thiophene rings is 1. The van der Waals surface area contributed by atoms with Crippen molar-refractivity contribution in [3.63, 3.8) is 0 Å². The van der Waals surface area contributed by atoms with Crippen LogP contribution in [0.4, 0.5) is 0 Å². The average molecular weight is 326 g/mol. The van der Waals surface area contributed by atoms with E-state index in [1.54, 1.807) is 18.4 Å². The van der Waals surface area contributed by atoms with E-state index in [1.165, 1.54) is 10.4 Å². The van der Waals surface area contributed by atoms with Crippen LogP contribution in [-0.4, -0.2) is 7.11 Å². The molecular formula is C14H16BrNOS. The molecule has 1 aromatic carbocycles. The second kappa shape index (κ2) is 6.36. The molecule has 0 spiro atoms. The average Bonchev–Trinajstić information content (AvgIpc) is 2.90. The largest absolute Gasteiger partial charge is 0.496 e. The molecule has 96 valence electrons. The monoisotopic (exact) mass is 325 g/mol. The van der Waals surface area contributed by atoms with Crippen LogP contribution >= 0.6 is 27.3 Å². The topological polar surface area (TPSA) is 21.3 Å². The van der Waals surface area contributed by atoms with E-state index in [0.29, 0.717) is 6.04 Å². The molecule has 0 bridgehead atoms. The van der Waals surface area contributed by atoms with Crippen molar-refractivity contribution in [3.8, 4) is 5.75 Å². The van der Waals surface area contributed by atoms with E-state index in [4.69, 9.17) is 4.74 Å². The minimum absolute atomic E-state index is 0.380. The standard InChI is InChI=1S/C14H16BrNOS/c1-10(14-4-3-7-18-14)16-9-11-5-6-13(17-2)12(15)8-11/h3-8,10,16H,9H2,1-2H3. The summed E-state index contributed by atoms with van der Waals surface area (Å²) in [6.07, 6.45) is 0. The molecule has 0 amide bonds. The molecule has 1 heterocycles. The number of hydrogen-bond acceptors (Lipinski definition) is 3. The first kappa shape index (κ1) is 13.6. The van der Waals surface area contributed by atoms with Crippen molar-refractivity contribution in [2.45, 2.75) is 19.5 Å². The third-order valence-corrected chi connectivity index (χ3v) is 4.47. The quantitative estimate of drug-likeness (QED) is 0.881. The van der Waals surface area contributed by atoms with Crippen LogP contribution in [0.3, 0.4) is 0 Å². The van der Waals surface area contributed by atoms with Gasteiger partial charge in [-0.25, -0.2) is 0 Å². The highest BCUT2D eigenvalue weighted by Gasteiger charge is 2.06. The van der Waals surface area contributed by atoms with Gasteiger partial charge < -0.3 is 10.1 Å². The molecule has 0 aliphatic heterocycles. The van der Waals surface area contributed by atoms with Crippen molar-refractivity contribution in [1.82, 2.24) is 5.32 Å². The molecule has 1 N–H and O–H groups in total. The van der Waals surface area contributed by atoms with Gasteiger partial charge in [0.2, 0.25) is 0 Å². The fourth-order valence-corrected chi connectivity index (χ4v) is 3.08. The first-order chi connectivity index (χ1) is 8.70. The molecule has 18 heavy (non-hydrogen) atoms. The van der Waals surface area contributed by atoms with Crippen LogP contribution in [0.2, 0.25) is 0 Å². The summed E-state index contributed by atoms with van der Waals surface area (Å²) in [6, 6.07) is 10.8. The fourth-order valence-electron chi connectivity index (χ4n) is 1.73. The summed E-state index contributed by atoms with van der Waals surface area (Å²) in [5.74, 6) is 0.866. The lowest BCUT2D eigenvalue weighted by Gasteiger charge is -2.13. The van der Waals surface area contributed by atoms with Gasteiger partial charge in [-0.2, -0.15) is 0 Å². The van der Waals surface area contributed by atoms with Crippen LogP contribution in [0, 0.1) is 0 Å². The summed E-state index contributed by atoms with van der Waals surface area (Å²) in [5, 5.41) is 5.62. The highest BCUT2D eigenvalue weighted by molar-refractivity contribution is 9.10. The van der Waals surface area contributed by atoms with E-state index >= 15 is 0 Å². The Balaban J connectivity index is 1.96. The van der Waals surface area contributed by atoms with Crippen LogP contribution < -0.4 is 10.1 Å². The number of halogens is 1. The number of nitrogens with one attached hydrogen (secondary N) is 1. The van der Waals surface area contributed by atoms with Crippen molar-refractivity contribution < 1.29 is 4.74 Å². The van der Waals surface area contributed by atoms with Gasteiger partial charge in [-0.15, -0.1) is 11.3 Å². The van der Waals surface area contributed by atoms with Gasteiger partial charge in [0.25, 0.3) is 0 Å². The number of methoxy groups -OCH3 is 1. The van der Waals surface area contributed by atoms with Gasteiger partial charge in [-0.1, -0.05) is 12.1 Å². The van der Waals surface area contributed by atoms with Crippen molar-refractivity contribution in [1.29, 1.82) is 0 Å². The van der Waals surface area contributed by atoms with Gasteiger partial charge >= 0.3 is 0 Å². The van der Waals surface area contributed by atoms with E-state index in [0.717, 1.165) is 16.8 Å². The zero-order valence-corrected chi connectivity index (χ0v) is 12.8. The van der Waals surface area contributed by atoms with E-state index in [-0.39, 0.29) is 0 Å². The molecule has 0 aliphatic rings. The molecule has 2 nitrogen and oxygen atoms in total. The van der Waals surface area contributed by atoms with Crippen LogP contribution in [-0.2, 0) is 6.54 Å². The van der Waals surface area contributed by atoms with Crippen molar-refractivity contribution >= 4 is 27.3 Å². The van der Waals surface area contributed by atoms with Crippen molar-refractivity contribution in [3.05, 3.63) is 50.6 Å². The molecular weight excluding hydrogens is 310 g/mol. The fraction of sp³-hybridized carbons (Fsp3) is 0.286. The summed E-state index contributed by atoms with van der Waals surface area (Å²) >= 11 is 5.29. The Hall–Kier alpha value is -0.840. The molecule has 1 atom stereocenters. The van der Waals surface area contributed by atoms with Gasteiger partial charge in [-0.3, -0.25) is 0 Å². The maximum Gasteiger partial charge on any atom is 0.133 e. The highest BCUT2D eigenvalue weighted by Crippen LogP contribution is 2.26. The summed E-state index contributed by atoms with van der Waals surface area (Å²) in [4.78, 5) is 1.36. The maximum absolute atomic E-state index is 5.22. The van der Waals surface area contributed by atoms with Gasteiger partial charge in [0, 0.05) is 17.5 Å². The zero-order valence-electron chi connectivity index (χ0n) is 10.4. The SMILES string of the molecule is COc1ccc(CNC(C)c2cccs2)cc1Br. The smallest absolute Gasteiger partial charge is 0.133 e. The predicted molar refractivity (Wildman–Crippen MR) is 80.3 cm³/mol. The summed E-state index contributed by atoms with van der Waals surface area (Å²) < 4.78 is 6.21.